The number of unbranched alkanes of at least 4 members (excludes halogenated alkanes) is 3. The van der Waals surface area contributed by atoms with Crippen LogP contribution in [0.1, 0.15) is 147 Å². The molecular formula is C37H56F2. The normalized spacial score (nSPS) is 28.1. The Balaban J connectivity index is 1.15. The molecular weight excluding hydrogens is 482 g/mol. The van der Waals surface area contributed by atoms with E-state index in [0.717, 1.165) is 80.1 Å². The Morgan fingerprint density at radius 1 is 0.744 bits per heavy atom. The summed E-state index contributed by atoms with van der Waals surface area (Å²) in [6, 6.07) is 3.67. The molecule has 0 bridgehead atoms. The fourth-order valence-electron chi connectivity index (χ4n) is 8.03. The zero-order valence-electron chi connectivity index (χ0n) is 25.2. The van der Waals surface area contributed by atoms with Gasteiger partial charge in [0, 0.05) is 5.56 Å². The highest BCUT2D eigenvalue weighted by Crippen LogP contribution is 2.44. The molecule has 1 aromatic rings. The minimum Gasteiger partial charge on any atom is -0.203 e. The maximum absolute atomic E-state index is 14.9. The number of aryl methyl sites for hydroxylation is 1. The van der Waals surface area contributed by atoms with Crippen molar-refractivity contribution in [2.24, 2.45) is 29.6 Å². The van der Waals surface area contributed by atoms with Gasteiger partial charge in [-0.15, -0.1) is 0 Å². The largest absolute Gasteiger partial charge is 0.203 e. The molecule has 39 heavy (non-hydrogen) atoms. The summed E-state index contributed by atoms with van der Waals surface area (Å²) < 4.78 is 29.7. The second kappa shape index (κ2) is 16.1. The highest BCUT2D eigenvalue weighted by atomic mass is 19.2. The SMILES string of the molecule is CC=CCCC1CCC(C2CCC(CCC3CC=C(c4ccc(CCCCCC)c(F)c4F)CC3)CC2)CC1. The third kappa shape index (κ3) is 9.02. The van der Waals surface area contributed by atoms with Gasteiger partial charge in [-0.25, -0.2) is 8.78 Å². The van der Waals surface area contributed by atoms with Gasteiger partial charge in [-0.05, 0) is 125 Å². The fourth-order valence-corrected chi connectivity index (χ4v) is 8.03. The minimum atomic E-state index is -0.619. The summed E-state index contributed by atoms with van der Waals surface area (Å²) >= 11 is 0. The van der Waals surface area contributed by atoms with Crippen molar-refractivity contribution in [2.75, 3.05) is 0 Å². The van der Waals surface area contributed by atoms with Crippen LogP contribution < -0.4 is 0 Å². The molecule has 1 atom stereocenters. The molecule has 4 rings (SSSR count). The monoisotopic (exact) mass is 538 g/mol. The van der Waals surface area contributed by atoms with E-state index in [-0.39, 0.29) is 0 Å². The van der Waals surface area contributed by atoms with Gasteiger partial charge in [0.15, 0.2) is 11.6 Å². The smallest absolute Gasteiger partial charge is 0.166 e. The first-order chi connectivity index (χ1) is 19.1. The molecule has 0 nitrogen and oxygen atoms in total. The number of rotatable bonds is 13. The van der Waals surface area contributed by atoms with Gasteiger partial charge in [0.2, 0.25) is 0 Å². The molecule has 2 fully saturated rings. The van der Waals surface area contributed by atoms with Crippen molar-refractivity contribution in [1.29, 1.82) is 0 Å². The van der Waals surface area contributed by atoms with Crippen LogP contribution in [0.25, 0.3) is 5.57 Å². The number of benzene rings is 1. The maximum atomic E-state index is 14.9. The van der Waals surface area contributed by atoms with Crippen molar-refractivity contribution in [3.8, 4) is 0 Å². The van der Waals surface area contributed by atoms with Gasteiger partial charge in [0.1, 0.15) is 0 Å². The highest BCUT2D eigenvalue weighted by Gasteiger charge is 2.31. The average molecular weight is 539 g/mol. The number of hydrogen-bond donors (Lipinski definition) is 0. The third-order valence-electron chi connectivity index (χ3n) is 10.7. The van der Waals surface area contributed by atoms with E-state index in [9.17, 15) is 8.78 Å². The van der Waals surface area contributed by atoms with Crippen molar-refractivity contribution in [3.63, 3.8) is 0 Å². The van der Waals surface area contributed by atoms with Gasteiger partial charge in [-0.2, -0.15) is 0 Å². The average Bonchev–Trinajstić information content (AvgIpc) is 2.97. The van der Waals surface area contributed by atoms with Gasteiger partial charge in [-0.1, -0.05) is 88.7 Å². The van der Waals surface area contributed by atoms with E-state index in [2.05, 4.69) is 32.1 Å². The molecule has 2 saturated carbocycles. The topological polar surface area (TPSA) is 0 Å². The van der Waals surface area contributed by atoms with Crippen LogP contribution in [0.5, 0.6) is 0 Å². The number of halogens is 2. The zero-order chi connectivity index (χ0) is 27.5. The van der Waals surface area contributed by atoms with Crippen molar-refractivity contribution >= 4 is 5.57 Å². The maximum Gasteiger partial charge on any atom is 0.166 e. The lowest BCUT2D eigenvalue weighted by atomic mass is 9.68. The van der Waals surface area contributed by atoms with Crippen LogP contribution >= 0.6 is 0 Å². The van der Waals surface area contributed by atoms with E-state index in [1.165, 1.54) is 77.0 Å². The zero-order valence-corrected chi connectivity index (χ0v) is 25.2. The summed E-state index contributed by atoms with van der Waals surface area (Å²) in [5.74, 6) is 3.39. The number of hydrogen-bond acceptors (Lipinski definition) is 0. The Hall–Kier alpha value is -1.44. The molecule has 2 heteroatoms. The molecule has 0 N–H and O–H groups in total. The predicted molar refractivity (Wildman–Crippen MR) is 164 cm³/mol. The van der Waals surface area contributed by atoms with E-state index in [0.29, 0.717) is 17.5 Å². The Bertz CT molecular complexity index is 912. The van der Waals surface area contributed by atoms with Gasteiger partial charge in [0.05, 0.1) is 0 Å². The molecule has 0 radical (unpaired) electrons. The van der Waals surface area contributed by atoms with Gasteiger partial charge >= 0.3 is 0 Å². The highest BCUT2D eigenvalue weighted by molar-refractivity contribution is 5.67. The van der Waals surface area contributed by atoms with Crippen LogP contribution in [0.3, 0.4) is 0 Å². The molecule has 0 amide bonds. The molecule has 0 aliphatic heterocycles. The molecule has 0 aromatic heterocycles. The van der Waals surface area contributed by atoms with Crippen LogP contribution in [0, 0.1) is 41.2 Å². The van der Waals surface area contributed by atoms with Crippen molar-refractivity contribution in [2.45, 2.75) is 142 Å². The summed E-state index contributed by atoms with van der Waals surface area (Å²) in [7, 11) is 0. The number of allylic oxidation sites excluding steroid dienone is 4. The van der Waals surface area contributed by atoms with E-state index in [1.807, 2.05) is 12.1 Å². The molecule has 0 spiro atoms. The summed E-state index contributed by atoms with van der Waals surface area (Å²) in [5, 5.41) is 0. The summed E-state index contributed by atoms with van der Waals surface area (Å²) in [6.07, 6.45) is 31.9. The first-order valence-electron chi connectivity index (χ1n) is 16.9. The Labute approximate surface area is 239 Å². The van der Waals surface area contributed by atoms with Gasteiger partial charge in [0.25, 0.3) is 0 Å². The van der Waals surface area contributed by atoms with Crippen molar-refractivity contribution in [3.05, 3.63) is 53.1 Å². The van der Waals surface area contributed by atoms with Crippen molar-refractivity contribution < 1.29 is 8.78 Å². The third-order valence-corrected chi connectivity index (χ3v) is 10.7. The molecule has 1 unspecified atom stereocenters. The van der Waals surface area contributed by atoms with Crippen LogP contribution in [-0.4, -0.2) is 0 Å². The lowest BCUT2D eigenvalue weighted by Gasteiger charge is -2.38. The van der Waals surface area contributed by atoms with Crippen LogP contribution in [0.15, 0.2) is 30.4 Å². The molecule has 1 aromatic carbocycles. The molecule has 3 aliphatic carbocycles. The first-order valence-corrected chi connectivity index (χ1v) is 16.9. The summed E-state index contributed by atoms with van der Waals surface area (Å²) in [6.45, 7) is 4.30. The lowest BCUT2D eigenvalue weighted by molar-refractivity contribution is 0.139. The van der Waals surface area contributed by atoms with Crippen LogP contribution in [0.2, 0.25) is 0 Å². The Morgan fingerprint density at radius 2 is 1.41 bits per heavy atom. The Morgan fingerprint density at radius 3 is 2.03 bits per heavy atom. The van der Waals surface area contributed by atoms with E-state index in [1.54, 1.807) is 0 Å². The van der Waals surface area contributed by atoms with E-state index >= 15 is 0 Å². The van der Waals surface area contributed by atoms with Gasteiger partial charge < -0.3 is 0 Å². The van der Waals surface area contributed by atoms with Crippen LogP contribution in [-0.2, 0) is 6.42 Å². The molecule has 0 heterocycles. The van der Waals surface area contributed by atoms with Crippen LogP contribution in [0.4, 0.5) is 8.78 Å². The minimum absolute atomic E-state index is 0.508. The van der Waals surface area contributed by atoms with Crippen molar-refractivity contribution in [1.82, 2.24) is 0 Å². The molecule has 3 aliphatic rings. The molecule has 218 valence electrons. The summed E-state index contributed by atoms with van der Waals surface area (Å²) in [4.78, 5) is 0. The standard InChI is InChI=1S/C37H56F2/c1-3-5-7-9-11-34-26-27-35(37(39)36(34)38)33-24-18-30(19-25-33)13-12-29-16-22-32(23-17-29)31-20-14-28(15-21-31)10-8-6-4-2/h4,6,24,26-32H,3,5,7-23,25H2,1-2H3. The summed E-state index contributed by atoms with van der Waals surface area (Å²) in [5.41, 5.74) is 2.08. The Kier molecular flexibility index (Phi) is 12.6. The quantitative estimate of drug-likeness (QED) is 0.173. The first kappa shape index (κ1) is 30.5. The lowest BCUT2D eigenvalue weighted by Crippen LogP contribution is -2.26. The fraction of sp³-hybridized carbons (Fsp3) is 0.730. The second-order valence-corrected chi connectivity index (χ2v) is 13.4. The second-order valence-electron chi connectivity index (χ2n) is 13.4. The molecule has 0 saturated heterocycles. The van der Waals surface area contributed by atoms with E-state index < -0.39 is 11.6 Å². The predicted octanol–water partition coefficient (Wildman–Crippen LogP) is 12.0. The van der Waals surface area contributed by atoms with Gasteiger partial charge in [-0.3, -0.25) is 0 Å². The van der Waals surface area contributed by atoms with E-state index in [4.69, 9.17) is 0 Å².